The summed E-state index contributed by atoms with van der Waals surface area (Å²) in [5.41, 5.74) is 7.78. The van der Waals surface area contributed by atoms with Gasteiger partial charge in [0.25, 0.3) is 0 Å². The van der Waals surface area contributed by atoms with Crippen LogP contribution in [0.15, 0.2) is 36.5 Å². The SMILES string of the molecule is Cc1c(N)cc(C(=O)c2c[nH]c3cc(Cl)ccc23)cc1F. The Morgan fingerprint density at radius 2 is 2.05 bits per heavy atom. The predicted octanol–water partition coefficient (Wildman–Crippen LogP) is 4.08. The number of H-pyrrole nitrogens is 1. The van der Waals surface area contributed by atoms with Gasteiger partial charge in [0.1, 0.15) is 5.82 Å². The first-order valence-electron chi connectivity index (χ1n) is 6.34. The third-order valence-electron chi connectivity index (χ3n) is 3.54. The Hall–Kier alpha value is -2.33. The number of nitrogen functional groups attached to an aromatic ring is 1. The number of halogens is 2. The fourth-order valence-electron chi connectivity index (χ4n) is 2.27. The van der Waals surface area contributed by atoms with Crippen LogP contribution in [-0.4, -0.2) is 10.8 Å². The molecule has 0 aliphatic heterocycles. The number of hydrogen-bond acceptors (Lipinski definition) is 2. The van der Waals surface area contributed by atoms with Crippen LogP contribution in [0.3, 0.4) is 0 Å². The first-order chi connectivity index (χ1) is 9.97. The molecule has 0 unspecified atom stereocenters. The van der Waals surface area contributed by atoms with Crippen molar-refractivity contribution in [1.29, 1.82) is 0 Å². The molecule has 0 bridgehead atoms. The monoisotopic (exact) mass is 302 g/mol. The number of ketones is 1. The van der Waals surface area contributed by atoms with Gasteiger partial charge in [-0.25, -0.2) is 4.39 Å². The van der Waals surface area contributed by atoms with E-state index in [1.165, 1.54) is 12.1 Å². The summed E-state index contributed by atoms with van der Waals surface area (Å²) in [6.45, 7) is 1.58. The van der Waals surface area contributed by atoms with Gasteiger partial charge < -0.3 is 10.7 Å². The molecular weight excluding hydrogens is 291 g/mol. The van der Waals surface area contributed by atoms with Gasteiger partial charge in [-0.3, -0.25) is 4.79 Å². The topological polar surface area (TPSA) is 58.9 Å². The average molecular weight is 303 g/mol. The molecule has 0 saturated heterocycles. The van der Waals surface area contributed by atoms with Crippen LogP contribution in [0.1, 0.15) is 21.5 Å². The van der Waals surface area contributed by atoms with E-state index < -0.39 is 5.82 Å². The van der Waals surface area contributed by atoms with Crippen molar-refractivity contribution in [2.45, 2.75) is 6.92 Å². The van der Waals surface area contributed by atoms with Gasteiger partial charge in [0.15, 0.2) is 5.78 Å². The largest absolute Gasteiger partial charge is 0.398 e. The van der Waals surface area contributed by atoms with E-state index >= 15 is 0 Å². The van der Waals surface area contributed by atoms with Gasteiger partial charge in [0, 0.05) is 44.5 Å². The molecule has 1 aromatic heterocycles. The van der Waals surface area contributed by atoms with Gasteiger partial charge in [-0.05, 0) is 31.2 Å². The third-order valence-corrected chi connectivity index (χ3v) is 3.77. The zero-order valence-electron chi connectivity index (χ0n) is 11.2. The summed E-state index contributed by atoms with van der Waals surface area (Å²) < 4.78 is 13.8. The second kappa shape index (κ2) is 4.90. The lowest BCUT2D eigenvalue weighted by Crippen LogP contribution is -2.04. The minimum atomic E-state index is -0.485. The van der Waals surface area contributed by atoms with Gasteiger partial charge in [-0.1, -0.05) is 17.7 Å². The molecule has 3 N–H and O–H groups in total. The minimum Gasteiger partial charge on any atom is -0.398 e. The number of rotatable bonds is 2. The maximum absolute atomic E-state index is 13.8. The van der Waals surface area contributed by atoms with Crippen molar-refractivity contribution in [3.63, 3.8) is 0 Å². The zero-order chi connectivity index (χ0) is 15.1. The zero-order valence-corrected chi connectivity index (χ0v) is 12.0. The number of nitrogens with two attached hydrogens (primary N) is 1. The molecule has 0 aliphatic carbocycles. The Kier molecular flexibility index (Phi) is 3.18. The quantitative estimate of drug-likeness (QED) is 0.553. The number of fused-ring (bicyclic) bond motifs is 1. The molecule has 3 nitrogen and oxygen atoms in total. The molecule has 3 rings (SSSR count). The normalized spacial score (nSPS) is 11.0. The lowest BCUT2D eigenvalue weighted by Gasteiger charge is -2.06. The number of aromatic nitrogens is 1. The van der Waals surface area contributed by atoms with Gasteiger partial charge in [0.05, 0.1) is 0 Å². The molecule has 0 atom stereocenters. The van der Waals surface area contributed by atoms with Crippen LogP contribution in [0.5, 0.6) is 0 Å². The van der Waals surface area contributed by atoms with E-state index in [0.717, 1.165) is 10.9 Å². The van der Waals surface area contributed by atoms with Crippen molar-refractivity contribution < 1.29 is 9.18 Å². The fourth-order valence-corrected chi connectivity index (χ4v) is 2.45. The van der Waals surface area contributed by atoms with Gasteiger partial charge in [-0.2, -0.15) is 0 Å². The first-order valence-corrected chi connectivity index (χ1v) is 6.72. The second-order valence-corrected chi connectivity index (χ2v) is 5.33. The molecule has 3 aromatic rings. The van der Waals surface area contributed by atoms with Crippen molar-refractivity contribution in [3.8, 4) is 0 Å². The molecule has 0 spiro atoms. The summed E-state index contributed by atoms with van der Waals surface area (Å²) in [5.74, 6) is -0.768. The van der Waals surface area contributed by atoms with Crippen molar-refractivity contribution in [2.24, 2.45) is 0 Å². The Bertz CT molecular complexity index is 847. The number of hydrogen-bond donors (Lipinski definition) is 2. The highest BCUT2D eigenvalue weighted by atomic mass is 35.5. The fraction of sp³-hybridized carbons (Fsp3) is 0.0625. The van der Waals surface area contributed by atoms with E-state index in [9.17, 15) is 9.18 Å². The Morgan fingerprint density at radius 1 is 1.29 bits per heavy atom. The average Bonchev–Trinajstić information content (AvgIpc) is 2.86. The van der Waals surface area contributed by atoms with Crippen LogP contribution < -0.4 is 5.73 Å². The van der Waals surface area contributed by atoms with E-state index in [2.05, 4.69) is 4.98 Å². The van der Waals surface area contributed by atoms with Gasteiger partial charge in [0.2, 0.25) is 0 Å². The standard InChI is InChI=1S/C16H12ClFN2O/c1-8-13(18)4-9(5-14(8)19)16(21)12-7-20-15-6-10(17)2-3-11(12)15/h2-7,20H,19H2,1H3. The molecule has 0 fully saturated rings. The Morgan fingerprint density at radius 3 is 2.76 bits per heavy atom. The van der Waals surface area contributed by atoms with Crippen LogP contribution in [0.4, 0.5) is 10.1 Å². The van der Waals surface area contributed by atoms with Crippen LogP contribution in [-0.2, 0) is 0 Å². The molecule has 21 heavy (non-hydrogen) atoms. The molecule has 0 radical (unpaired) electrons. The third kappa shape index (κ3) is 2.28. The van der Waals surface area contributed by atoms with Crippen LogP contribution in [0.2, 0.25) is 5.02 Å². The van der Waals surface area contributed by atoms with Crippen molar-refractivity contribution in [1.82, 2.24) is 4.98 Å². The summed E-state index contributed by atoms with van der Waals surface area (Å²) >= 11 is 5.91. The predicted molar refractivity (Wildman–Crippen MR) is 82.3 cm³/mol. The van der Waals surface area contributed by atoms with E-state index in [4.69, 9.17) is 17.3 Å². The van der Waals surface area contributed by atoms with Gasteiger partial charge in [-0.15, -0.1) is 0 Å². The van der Waals surface area contributed by atoms with Crippen molar-refractivity contribution in [3.05, 3.63) is 64.1 Å². The summed E-state index contributed by atoms with van der Waals surface area (Å²) in [5, 5.41) is 1.32. The molecule has 0 amide bonds. The Labute approximate surface area is 125 Å². The number of nitrogens with one attached hydrogen (secondary N) is 1. The van der Waals surface area contributed by atoms with E-state index in [1.54, 1.807) is 31.3 Å². The number of benzene rings is 2. The minimum absolute atomic E-state index is 0.228. The van der Waals surface area contributed by atoms with Gasteiger partial charge >= 0.3 is 0 Å². The number of anilines is 1. The van der Waals surface area contributed by atoms with Crippen molar-refractivity contribution >= 4 is 34.0 Å². The molecule has 1 heterocycles. The lowest BCUT2D eigenvalue weighted by molar-refractivity contribution is 0.104. The highest BCUT2D eigenvalue weighted by Gasteiger charge is 2.16. The van der Waals surface area contributed by atoms with Crippen LogP contribution in [0, 0.1) is 12.7 Å². The molecular formula is C16H12ClFN2O. The number of carbonyl (C=O) groups is 1. The number of carbonyl (C=O) groups excluding carboxylic acids is 1. The Balaban J connectivity index is 2.13. The summed E-state index contributed by atoms with van der Waals surface area (Å²) in [7, 11) is 0. The molecule has 0 saturated carbocycles. The van der Waals surface area contributed by atoms with Crippen LogP contribution >= 0.6 is 11.6 Å². The van der Waals surface area contributed by atoms with Crippen LogP contribution in [0.25, 0.3) is 10.9 Å². The maximum Gasteiger partial charge on any atom is 0.195 e. The highest BCUT2D eigenvalue weighted by Crippen LogP contribution is 2.26. The number of aromatic amines is 1. The first kappa shape index (κ1) is 13.6. The van der Waals surface area contributed by atoms with E-state index in [1.807, 2.05) is 0 Å². The summed E-state index contributed by atoms with van der Waals surface area (Å²) in [6, 6.07) is 7.91. The smallest absolute Gasteiger partial charge is 0.195 e. The molecule has 2 aromatic carbocycles. The van der Waals surface area contributed by atoms with E-state index in [-0.39, 0.29) is 17.0 Å². The molecule has 0 aliphatic rings. The summed E-state index contributed by atoms with van der Waals surface area (Å²) in [6.07, 6.45) is 1.59. The van der Waals surface area contributed by atoms with E-state index in [0.29, 0.717) is 16.1 Å². The second-order valence-electron chi connectivity index (χ2n) is 4.89. The lowest BCUT2D eigenvalue weighted by atomic mass is 10.0. The molecule has 106 valence electrons. The molecule has 5 heteroatoms. The van der Waals surface area contributed by atoms with Crippen molar-refractivity contribution in [2.75, 3.05) is 5.73 Å². The summed E-state index contributed by atoms with van der Waals surface area (Å²) in [4.78, 5) is 15.5. The highest BCUT2D eigenvalue weighted by molar-refractivity contribution is 6.31. The maximum atomic E-state index is 13.8.